The van der Waals surface area contributed by atoms with E-state index in [1.165, 1.54) is 13.2 Å². The summed E-state index contributed by atoms with van der Waals surface area (Å²) in [5.41, 5.74) is 5.33. The minimum Gasteiger partial charge on any atom is -0.375 e. The number of aromatic nitrogens is 4. The van der Waals surface area contributed by atoms with Gasteiger partial charge in [-0.2, -0.15) is 23.3 Å². The van der Waals surface area contributed by atoms with E-state index in [1.807, 2.05) is 13.8 Å². The largest absolute Gasteiger partial charge is 0.422 e. The Kier molecular flexibility index (Phi) is 5.02. The number of anilines is 2. The van der Waals surface area contributed by atoms with Crippen molar-refractivity contribution >= 4 is 11.8 Å². The second-order valence-electron chi connectivity index (χ2n) is 6.87. The summed E-state index contributed by atoms with van der Waals surface area (Å²) in [5, 5.41) is 6.82. The molecule has 2 unspecified atom stereocenters. The van der Waals surface area contributed by atoms with Gasteiger partial charge in [0, 0.05) is 18.3 Å². The van der Waals surface area contributed by atoms with Gasteiger partial charge in [0.05, 0.1) is 30.1 Å². The standard InChI is InChI=1S/C17H23F3N6O/c1-8-5-11(6-9(2)27-8)26-10(3)12(7-23-26)14-13(17(18,19)20)15(22-4)25-16(21)24-14/h7-9,11H,5-6H2,1-4H3,(H3,21,22,24,25). The molecule has 1 aliphatic rings. The van der Waals surface area contributed by atoms with E-state index in [9.17, 15) is 13.2 Å². The predicted octanol–water partition coefficient (Wildman–Crippen LogP) is 3.42. The molecule has 0 amide bonds. The highest BCUT2D eigenvalue weighted by atomic mass is 19.4. The lowest BCUT2D eigenvalue weighted by molar-refractivity contribution is -0.136. The zero-order valence-corrected chi connectivity index (χ0v) is 15.6. The number of rotatable bonds is 3. The van der Waals surface area contributed by atoms with E-state index in [-0.39, 0.29) is 35.7 Å². The number of nitrogen functional groups attached to an aromatic ring is 1. The first-order chi connectivity index (χ1) is 12.6. The summed E-state index contributed by atoms with van der Waals surface area (Å²) in [7, 11) is 1.36. The van der Waals surface area contributed by atoms with Crippen molar-refractivity contribution in [2.24, 2.45) is 0 Å². The molecule has 0 aliphatic carbocycles. The predicted molar refractivity (Wildman–Crippen MR) is 95.2 cm³/mol. The van der Waals surface area contributed by atoms with Gasteiger partial charge in [-0.1, -0.05) is 0 Å². The van der Waals surface area contributed by atoms with Crippen LogP contribution in [0.4, 0.5) is 24.9 Å². The van der Waals surface area contributed by atoms with Gasteiger partial charge in [-0.15, -0.1) is 0 Å². The second kappa shape index (κ2) is 6.99. The highest BCUT2D eigenvalue weighted by Gasteiger charge is 2.40. The molecule has 1 aliphatic heterocycles. The molecule has 2 atom stereocenters. The van der Waals surface area contributed by atoms with Crippen LogP contribution in [0.1, 0.15) is 44.0 Å². The molecular formula is C17H23F3N6O. The minimum atomic E-state index is -4.64. The highest BCUT2D eigenvalue weighted by Crippen LogP contribution is 2.42. The fraction of sp³-hybridized carbons (Fsp3) is 0.588. The smallest absolute Gasteiger partial charge is 0.375 e. The van der Waals surface area contributed by atoms with Crippen LogP contribution >= 0.6 is 0 Å². The van der Waals surface area contributed by atoms with Crippen LogP contribution in [0.15, 0.2) is 6.20 Å². The van der Waals surface area contributed by atoms with Crippen LogP contribution in [-0.4, -0.2) is 39.0 Å². The van der Waals surface area contributed by atoms with E-state index in [0.29, 0.717) is 11.3 Å². The van der Waals surface area contributed by atoms with E-state index >= 15 is 0 Å². The van der Waals surface area contributed by atoms with Crippen LogP contribution in [0.5, 0.6) is 0 Å². The molecule has 148 valence electrons. The lowest BCUT2D eigenvalue weighted by atomic mass is 9.99. The third-order valence-corrected chi connectivity index (χ3v) is 4.76. The van der Waals surface area contributed by atoms with E-state index in [4.69, 9.17) is 10.5 Å². The van der Waals surface area contributed by atoms with Crippen LogP contribution < -0.4 is 11.1 Å². The van der Waals surface area contributed by atoms with Gasteiger partial charge >= 0.3 is 6.18 Å². The highest BCUT2D eigenvalue weighted by molar-refractivity contribution is 5.72. The first-order valence-electron chi connectivity index (χ1n) is 8.74. The van der Waals surface area contributed by atoms with Gasteiger partial charge in [-0.3, -0.25) is 4.68 Å². The minimum absolute atomic E-state index is 0.0507. The number of nitrogens with one attached hydrogen (secondary N) is 1. The molecule has 0 radical (unpaired) electrons. The van der Waals surface area contributed by atoms with Gasteiger partial charge in [0.25, 0.3) is 0 Å². The third kappa shape index (κ3) is 3.71. The lowest BCUT2D eigenvalue weighted by Crippen LogP contribution is -2.31. The molecule has 0 saturated carbocycles. The number of alkyl halides is 3. The lowest BCUT2D eigenvalue weighted by Gasteiger charge is -2.32. The average molecular weight is 384 g/mol. The summed E-state index contributed by atoms with van der Waals surface area (Å²) in [6.07, 6.45) is -1.63. The monoisotopic (exact) mass is 384 g/mol. The molecule has 3 rings (SSSR count). The van der Waals surface area contributed by atoms with E-state index in [0.717, 1.165) is 12.8 Å². The molecule has 0 bridgehead atoms. The summed E-state index contributed by atoms with van der Waals surface area (Å²) in [6.45, 7) is 5.70. The third-order valence-electron chi connectivity index (χ3n) is 4.76. The Morgan fingerprint density at radius 3 is 2.41 bits per heavy atom. The quantitative estimate of drug-likeness (QED) is 0.843. The summed E-state index contributed by atoms with van der Waals surface area (Å²) in [5.74, 6) is -0.590. The molecule has 2 aromatic rings. The van der Waals surface area contributed by atoms with E-state index in [2.05, 4.69) is 20.4 Å². The van der Waals surface area contributed by atoms with Crippen molar-refractivity contribution in [1.29, 1.82) is 0 Å². The summed E-state index contributed by atoms with van der Waals surface area (Å²) >= 11 is 0. The van der Waals surface area contributed by atoms with Crippen molar-refractivity contribution in [2.45, 2.75) is 58.0 Å². The molecule has 3 heterocycles. The SMILES string of the molecule is CNc1nc(N)nc(-c2cnn(C3CC(C)OC(C)C3)c2C)c1C(F)(F)F. The molecule has 0 spiro atoms. The Bertz CT molecular complexity index is 825. The Hall–Kier alpha value is -2.36. The fourth-order valence-electron chi connectivity index (χ4n) is 3.72. The van der Waals surface area contributed by atoms with Gasteiger partial charge < -0.3 is 15.8 Å². The van der Waals surface area contributed by atoms with E-state index in [1.54, 1.807) is 11.6 Å². The maximum atomic E-state index is 13.7. The van der Waals surface area contributed by atoms with Gasteiger partial charge in [0.1, 0.15) is 11.4 Å². The van der Waals surface area contributed by atoms with Gasteiger partial charge in [0.2, 0.25) is 5.95 Å². The van der Waals surface area contributed by atoms with Gasteiger partial charge in [0.15, 0.2) is 0 Å². The Morgan fingerprint density at radius 2 is 1.85 bits per heavy atom. The van der Waals surface area contributed by atoms with Crippen molar-refractivity contribution in [3.63, 3.8) is 0 Å². The molecule has 27 heavy (non-hydrogen) atoms. The zero-order chi connectivity index (χ0) is 19.9. The maximum Gasteiger partial charge on any atom is 0.422 e. The van der Waals surface area contributed by atoms with Crippen LogP contribution in [-0.2, 0) is 10.9 Å². The zero-order valence-electron chi connectivity index (χ0n) is 15.6. The Labute approximate surface area is 155 Å². The summed E-state index contributed by atoms with van der Waals surface area (Å²) in [6, 6.07) is 0.0507. The number of ether oxygens (including phenoxy) is 1. The van der Waals surface area contributed by atoms with E-state index < -0.39 is 11.7 Å². The molecule has 1 saturated heterocycles. The topological polar surface area (TPSA) is 90.9 Å². The Balaban J connectivity index is 2.11. The normalized spacial score (nSPS) is 23.4. The van der Waals surface area contributed by atoms with Crippen molar-refractivity contribution in [1.82, 2.24) is 19.7 Å². The van der Waals surface area contributed by atoms with Crippen LogP contribution in [0, 0.1) is 6.92 Å². The van der Waals surface area contributed by atoms with Gasteiger partial charge in [-0.25, -0.2) is 4.98 Å². The van der Waals surface area contributed by atoms with Crippen LogP contribution in [0.2, 0.25) is 0 Å². The molecule has 1 fully saturated rings. The molecule has 3 N–H and O–H groups in total. The first-order valence-corrected chi connectivity index (χ1v) is 8.74. The van der Waals surface area contributed by atoms with Crippen molar-refractivity contribution < 1.29 is 17.9 Å². The average Bonchev–Trinajstić information content (AvgIpc) is 2.93. The summed E-state index contributed by atoms with van der Waals surface area (Å²) < 4.78 is 48.6. The number of hydrogen-bond acceptors (Lipinski definition) is 6. The number of hydrogen-bond donors (Lipinski definition) is 2. The van der Waals surface area contributed by atoms with Crippen LogP contribution in [0.25, 0.3) is 11.3 Å². The van der Waals surface area contributed by atoms with Crippen molar-refractivity contribution in [3.8, 4) is 11.3 Å². The van der Waals surface area contributed by atoms with Crippen molar-refractivity contribution in [3.05, 3.63) is 17.5 Å². The molecular weight excluding hydrogens is 361 g/mol. The number of nitrogens with two attached hydrogens (primary N) is 1. The first kappa shape index (κ1) is 19.4. The fourth-order valence-corrected chi connectivity index (χ4v) is 3.72. The second-order valence-corrected chi connectivity index (χ2v) is 6.87. The van der Waals surface area contributed by atoms with Crippen molar-refractivity contribution in [2.75, 3.05) is 18.1 Å². The van der Waals surface area contributed by atoms with Crippen LogP contribution in [0.3, 0.4) is 0 Å². The molecule has 10 heteroatoms. The number of halogens is 3. The van der Waals surface area contributed by atoms with Gasteiger partial charge in [-0.05, 0) is 33.6 Å². The molecule has 0 aromatic carbocycles. The molecule has 2 aromatic heterocycles. The number of nitrogens with zero attached hydrogens (tertiary/aromatic N) is 4. The Morgan fingerprint density at radius 1 is 1.22 bits per heavy atom. The maximum absolute atomic E-state index is 13.7. The summed E-state index contributed by atoms with van der Waals surface area (Å²) in [4.78, 5) is 7.58. The molecule has 7 nitrogen and oxygen atoms in total.